The van der Waals surface area contributed by atoms with E-state index in [2.05, 4.69) is 27.3 Å². The van der Waals surface area contributed by atoms with Crippen molar-refractivity contribution in [2.24, 2.45) is 0 Å². The molecule has 1 aliphatic heterocycles. The standard InChI is InChI=1S/C9H16INO2S/c10-8-6-9(4-2-1-3-5-9)11-14(12,13)7-8/h8,11H,1-7H2/t8-/m0/s1. The Kier molecular flexibility index (Phi) is 3.10. The average Bonchev–Trinajstić information content (AvgIpc) is 2.00. The van der Waals surface area contributed by atoms with Gasteiger partial charge in [0, 0.05) is 9.46 Å². The molecule has 2 rings (SSSR count). The lowest BCUT2D eigenvalue weighted by molar-refractivity contribution is 0.246. The SMILES string of the molecule is O=S1(=O)C[C@@H](I)CC2(CCCCC2)N1. The van der Waals surface area contributed by atoms with E-state index in [1.54, 1.807) is 0 Å². The number of alkyl halides is 1. The fourth-order valence-electron chi connectivity index (χ4n) is 2.67. The lowest BCUT2D eigenvalue weighted by Gasteiger charge is -2.42. The summed E-state index contributed by atoms with van der Waals surface area (Å²) in [5.41, 5.74) is -0.0822. The van der Waals surface area contributed by atoms with Crippen molar-refractivity contribution in [3.63, 3.8) is 0 Å². The van der Waals surface area contributed by atoms with Crippen molar-refractivity contribution in [2.45, 2.75) is 48.0 Å². The maximum atomic E-state index is 11.6. The maximum absolute atomic E-state index is 11.6. The molecular formula is C9H16INO2S. The molecule has 1 atom stereocenters. The number of hydrogen-bond donors (Lipinski definition) is 1. The van der Waals surface area contributed by atoms with Gasteiger partial charge in [0.25, 0.3) is 0 Å². The van der Waals surface area contributed by atoms with Gasteiger partial charge in [-0.1, -0.05) is 41.9 Å². The van der Waals surface area contributed by atoms with Crippen LogP contribution in [0.1, 0.15) is 38.5 Å². The molecule has 1 spiro atoms. The molecule has 0 unspecified atom stereocenters. The van der Waals surface area contributed by atoms with Crippen molar-refractivity contribution in [2.75, 3.05) is 5.75 Å². The highest BCUT2D eigenvalue weighted by atomic mass is 127. The highest BCUT2D eigenvalue weighted by molar-refractivity contribution is 14.1. The molecule has 1 saturated heterocycles. The van der Waals surface area contributed by atoms with Gasteiger partial charge in [-0.05, 0) is 19.3 Å². The van der Waals surface area contributed by atoms with Crippen molar-refractivity contribution in [1.82, 2.24) is 4.72 Å². The molecule has 0 aromatic rings. The monoisotopic (exact) mass is 329 g/mol. The summed E-state index contributed by atoms with van der Waals surface area (Å²) in [4.78, 5) is 0. The van der Waals surface area contributed by atoms with Crippen LogP contribution in [0.25, 0.3) is 0 Å². The zero-order chi connectivity index (χ0) is 10.2. The molecule has 82 valence electrons. The summed E-state index contributed by atoms with van der Waals surface area (Å²) in [6, 6.07) is 0. The number of nitrogens with one attached hydrogen (secondary N) is 1. The molecule has 14 heavy (non-hydrogen) atoms. The van der Waals surface area contributed by atoms with E-state index in [1.807, 2.05) is 0 Å². The summed E-state index contributed by atoms with van der Waals surface area (Å²) in [5, 5.41) is 0. The molecular weight excluding hydrogens is 313 g/mol. The van der Waals surface area contributed by atoms with Crippen LogP contribution in [0.5, 0.6) is 0 Å². The predicted molar refractivity (Wildman–Crippen MR) is 65.2 cm³/mol. The minimum Gasteiger partial charge on any atom is -0.212 e. The van der Waals surface area contributed by atoms with Crippen molar-refractivity contribution < 1.29 is 8.42 Å². The van der Waals surface area contributed by atoms with Gasteiger partial charge in [-0.25, -0.2) is 13.1 Å². The minimum atomic E-state index is -3.00. The van der Waals surface area contributed by atoms with Gasteiger partial charge >= 0.3 is 0 Å². The molecule has 0 bridgehead atoms. The van der Waals surface area contributed by atoms with Gasteiger partial charge in [-0.3, -0.25) is 0 Å². The Morgan fingerprint density at radius 1 is 1.21 bits per heavy atom. The molecule has 0 radical (unpaired) electrons. The van der Waals surface area contributed by atoms with Gasteiger partial charge in [0.1, 0.15) is 0 Å². The molecule has 1 saturated carbocycles. The van der Waals surface area contributed by atoms with E-state index < -0.39 is 10.0 Å². The van der Waals surface area contributed by atoms with Crippen LogP contribution in [0.4, 0.5) is 0 Å². The summed E-state index contributed by atoms with van der Waals surface area (Å²) < 4.78 is 26.4. The number of hydrogen-bond acceptors (Lipinski definition) is 2. The Hall–Kier alpha value is 0.640. The van der Waals surface area contributed by atoms with E-state index in [0.717, 1.165) is 19.3 Å². The number of rotatable bonds is 0. The topological polar surface area (TPSA) is 46.2 Å². The smallest absolute Gasteiger partial charge is 0.212 e. The first-order valence-corrected chi connectivity index (χ1v) is 8.07. The normalized spacial score (nSPS) is 35.6. The highest BCUT2D eigenvalue weighted by Gasteiger charge is 2.42. The average molecular weight is 329 g/mol. The zero-order valence-corrected chi connectivity index (χ0v) is 11.1. The molecule has 0 aromatic heterocycles. The summed E-state index contributed by atoms with van der Waals surface area (Å²) in [7, 11) is -3.00. The molecule has 1 N–H and O–H groups in total. The second-order valence-corrected chi connectivity index (χ2v) is 8.05. The zero-order valence-electron chi connectivity index (χ0n) is 8.13. The molecule has 3 nitrogen and oxygen atoms in total. The molecule has 5 heteroatoms. The Balaban J connectivity index is 2.18. The van der Waals surface area contributed by atoms with Crippen molar-refractivity contribution >= 4 is 32.6 Å². The van der Waals surface area contributed by atoms with Crippen LogP contribution in [0.2, 0.25) is 0 Å². The van der Waals surface area contributed by atoms with Crippen molar-refractivity contribution in [3.05, 3.63) is 0 Å². The van der Waals surface area contributed by atoms with E-state index in [0.29, 0.717) is 5.75 Å². The lowest BCUT2D eigenvalue weighted by atomic mass is 9.79. The Bertz CT molecular complexity index is 309. The quantitative estimate of drug-likeness (QED) is 0.544. The molecule has 0 amide bonds. The highest BCUT2D eigenvalue weighted by Crippen LogP contribution is 2.37. The van der Waals surface area contributed by atoms with Crippen LogP contribution in [0.3, 0.4) is 0 Å². The molecule has 0 aromatic carbocycles. The largest absolute Gasteiger partial charge is 0.213 e. The summed E-state index contributed by atoms with van der Waals surface area (Å²) in [5.74, 6) is 0.301. The second-order valence-electron chi connectivity index (χ2n) is 4.53. The van der Waals surface area contributed by atoms with Crippen LogP contribution < -0.4 is 4.72 Å². The number of halogens is 1. The fraction of sp³-hybridized carbons (Fsp3) is 1.00. The van der Waals surface area contributed by atoms with Crippen LogP contribution in [0.15, 0.2) is 0 Å². The second kappa shape index (κ2) is 3.90. The van der Waals surface area contributed by atoms with Crippen LogP contribution in [-0.2, 0) is 10.0 Å². The third-order valence-electron chi connectivity index (χ3n) is 3.20. The Morgan fingerprint density at radius 2 is 1.86 bits per heavy atom. The van der Waals surface area contributed by atoms with Gasteiger partial charge in [0.05, 0.1) is 5.75 Å². The third-order valence-corrected chi connectivity index (χ3v) is 6.26. The van der Waals surface area contributed by atoms with E-state index in [1.165, 1.54) is 19.3 Å². The van der Waals surface area contributed by atoms with Gasteiger partial charge in [-0.15, -0.1) is 0 Å². The van der Waals surface area contributed by atoms with Gasteiger partial charge in [-0.2, -0.15) is 0 Å². The first kappa shape index (κ1) is 11.1. The lowest BCUT2D eigenvalue weighted by Crippen LogP contribution is -2.56. The van der Waals surface area contributed by atoms with Gasteiger partial charge in [0.15, 0.2) is 0 Å². The Morgan fingerprint density at radius 3 is 2.43 bits per heavy atom. The van der Waals surface area contributed by atoms with Gasteiger partial charge in [0.2, 0.25) is 10.0 Å². The molecule has 2 aliphatic rings. The summed E-state index contributed by atoms with van der Waals surface area (Å²) in [6.07, 6.45) is 6.69. The van der Waals surface area contributed by atoms with Crippen LogP contribution in [0, 0.1) is 0 Å². The fourth-order valence-corrected chi connectivity index (χ4v) is 6.56. The van der Waals surface area contributed by atoms with E-state index >= 15 is 0 Å². The van der Waals surface area contributed by atoms with E-state index in [9.17, 15) is 8.42 Å². The predicted octanol–water partition coefficient (Wildman–Crippen LogP) is 1.82. The maximum Gasteiger partial charge on any atom is 0.213 e. The van der Waals surface area contributed by atoms with Crippen LogP contribution >= 0.6 is 22.6 Å². The molecule has 2 fully saturated rings. The van der Waals surface area contributed by atoms with Crippen LogP contribution in [-0.4, -0.2) is 23.6 Å². The van der Waals surface area contributed by atoms with Gasteiger partial charge < -0.3 is 0 Å². The van der Waals surface area contributed by atoms with Crippen molar-refractivity contribution in [1.29, 1.82) is 0 Å². The molecule has 1 aliphatic carbocycles. The first-order chi connectivity index (χ1) is 6.52. The minimum absolute atomic E-state index is 0.0822. The number of sulfonamides is 1. The Labute approximate surface area is 99.2 Å². The molecule has 1 heterocycles. The van der Waals surface area contributed by atoms with Crippen molar-refractivity contribution in [3.8, 4) is 0 Å². The third kappa shape index (κ3) is 2.41. The van der Waals surface area contributed by atoms with E-state index in [-0.39, 0.29) is 9.46 Å². The van der Waals surface area contributed by atoms with E-state index in [4.69, 9.17) is 0 Å². The first-order valence-electron chi connectivity index (χ1n) is 5.17. The summed E-state index contributed by atoms with van der Waals surface area (Å²) >= 11 is 2.28. The summed E-state index contributed by atoms with van der Waals surface area (Å²) in [6.45, 7) is 0.